The van der Waals surface area contributed by atoms with Crippen molar-refractivity contribution in [3.63, 3.8) is 0 Å². The summed E-state index contributed by atoms with van der Waals surface area (Å²) >= 11 is 0. The molecule has 1 fully saturated rings. The molecule has 1 aliphatic rings. The lowest BCUT2D eigenvalue weighted by molar-refractivity contribution is -0.124. The Morgan fingerprint density at radius 2 is 1.84 bits per heavy atom. The van der Waals surface area contributed by atoms with E-state index >= 15 is 0 Å². The molecule has 1 aromatic rings. The first kappa shape index (κ1) is 14.3. The summed E-state index contributed by atoms with van der Waals surface area (Å²) in [6, 6.07) is 10.8. The summed E-state index contributed by atoms with van der Waals surface area (Å²) in [7, 11) is 0. The van der Waals surface area contributed by atoms with Crippen molar-refractivity contribution in [1.29, 1.82) is 0 Å². The molecular weight excluding hydrogens is 234 g/mol. The number of carbonyl (C=O) groups is 1. The number of carbonyl (C=O) groups excluding carboxylic acids is 1. The summed E-state index contributed by atoms with van der Waals surface area (Å²) in [6.45, 7) is 5.82. The molecule has 1 aliphatic carbocycles. The molecule has 0 bridgehead atoms. The zero-order valence-corrected chi connectivity index (χ0v) is 12.1. The maximum absolute atomic E-state index is 12.3. The number of hydrogen-bond donors (Lipinski definition) is 0. The first-order valence-electron chi connectivity index (χ1n) is 7.47. The number of nitrogens with zero attached hydrogens (tertiary/aromatic N) is 1. The van der Waals surface area contributed by atoms with Gasteiger partial charge >= 0.3 is 0 Å². The van der Waals surface area contributed by atoms with Crippen molar-refractivity contribution < 1.29 is 4.79 Å². The summed E-state index contributed by atoms with van der Waals surface area (Å²) < 4.78 is 0. The highest BCUT2D eigenvalue weighted by Gasteiger charge is 2.25. The van der Waals surface area contributed by atoms with E-state index in [2.05, 4.69) is 43.0 Å². The number of rotatable bonds is 6. The van der Waals surface area contributed by atoms with E-state index in [4.69, 9.17) is 0 Å². The van der Waals surface area contributed by atoms with Crippen LogP contribution in [0.4, 0.5) is 0 Å². The molecule has 1 aromatic carbocycles. The molecule has 19 heavy (non-hydrogen) atoms. The molecule has 0 heterocycles. The Labute approximate surface area is 116 Å². The molecular formula is C17H25NO. The fourth-order valence-electron chi connectivity index (χ4n) is 2.82. The van der Waals surface area contributed by atoms with Gasteiger partial charge in [-0.2, -0.15) is 0 Å². The van der Waals surface area contributed by atoms with Crippen molar-refractivity contribution in [2.24, 2.45) is 5.92 Å². The van der Waals surface area contributed by atoms with Crippen LogP contribution >= 0.6 is 0 Å². The summed E-state index contributed by atoms with van der Waals surface area (Å²) in [5.41, 5.74) is 1.29. The molecule has 0 saturated heterocycles. The average Bonchev–Trinajstić information content (AvgIpc) is 2.93. The molecule has 0 amide bonds. The van der Waals surface area contributed by atoms with Gasteiger partial charge in [-0.1, -0.05) is 43.2 Å². The van der Waals surface area contributed by atoms with Gasteiger partial charge in [-0.15, -0.1) is 0 Å². The van der Waals surface area contributed by atoms with Gasteiger partial charge in [-0.25, -0.2) is 0 Å². The summed E-state index contributed by atoms with van der Waals surface area (Å²) in [5, 5.41) is 0. The van der Waals surface area contributed by atoms with Crippen LogP contribution in [0.5, 0.6) is 0 Å². The van der Waals surface area contributed by atoms with E-state index in [1.165, 1.54) is 18.4 Å². The number of ketones is 1. The van der Waals surface area contributed by atoms with Gasteiger partial charge in [0.1, 0.15) is 5.78 Å². The van der Waals surface area contributed by atoms with Gasteiger partial charge in [0.15, 0.2) is 0 Å². The standard InChI is InChI=1S/C17H25NO/c1-14(2)18(12-15-8-4-3-5-9-15)13-17(19)16-10-6-7-11-16/h3-5,8-9,14,16H,6-7,10-13H2,1-2H3. The van der Waals surface area contributed by atoms with Crippen LogP contribution < -0.4 is 0 Å². The third kappa shape index (κ3) is 4.17. The SMILES string of the molecule is CC(C)N(CC(=O)C1CCCC1)Cc1ccccc1. The zero-order valence-electron chi connectivity index (χ0n) is 12.1. The topological polar surface area (TPSA) is 20.3 Å². The van der Waals surface area contributed by atoms with Crippen LogP contribution in [0, 0.1) is 5.92 Å². The molecule has 0 atom stereocenters. The predicted octanol–water partition coefficient (Wildman–Crippen LogP) is 3.66. The summed E-state index contributed by atoms with van der Waals surface area (Å²) in [4.78, 5) is 14.6. The van der Waals surface area contributed by atoms with Crippen LogP contribution in [0.15, 0.2) is 30.3 Å². The lowest BCUT2D eigenvalue weighted by atomic mass is 10.0. The second kappa shape index (κ2) is 6.85. The van der Waals surface area contributed by atoms with Crippen molar-refractivity contribution in [3.8, 4) is 0 Å². The zero-order chi connectivity index (χ0) is 13.7. The van der Waals surface area contributed by atoms with Crippen molar-refractivity contribution in [3.05, 3.63) is 35.9 Å². The summed E-state index contributed by atoms with van der Waals surface area (Å²) in [6.07, 6.45) is 4.68. The third-order valence-electron chi connectivity index (χ3n) is 4.13. The van der Waals surface area contributed by atoms with Gasteiger partial charge in [0.05, 0.1) is 6.54 Å². The molecule has 2 heteroatoms. The van der Waals surface area contributed by atoms with Crippen LogP contribution in [0.2, 0.25) is 0 Å². The second-order valence-electron chi connectivity index (χ2n) is 5.93. The minimum Gasteiger partial charge on any atom is -0.298 e. The smallest absolute Gasteiger partial charge is 0.149 e. The van der Waals surface area contributed by atoms with E-state index in [1.54, 1.807) is 0 Å². The number of Topliss-reactive ketones (excluding diaryl/α,β-unsaturated/α-hetero) is 1. The number of benzene rings is 1. The molecule has 1 saturated carbocycles. The van der Waals surface area contributed by atoms with Gasteiger partial charge in [0.25, 0.3) is 0 Å². The molecule has 0 aromatic heterocycles. The number of hydrogen-bond acceptors (Lipinski definition) is 2. The molecule has 0 aliphatic heterocycles. The summed E-state index contributed by atoms with van der Waals surface area (Å²) in [5.74, 6) is 0.777. The molecule has 2 nitrogen and oxygen atoms in total. The Kier molecular flexibility index (Phi) is 5.15. The highest BCUT2D eigenvalue weighted by atomic mass is 16.1. The molecule has 104 valence electrons. The van der Waals surface area contributed by atoms with Gasteiger partial charge in [-0.05, 0) is 32.3 Å². The normalized spacial score (nSPS) is 16.4. The molecule has 0 radical (unpaired) electrons. The van der Waals surface area contributed by atoms with Crippen molar-refractivity contribution in [1.82, 2.24) is 4.90 Å². The van der Waals surface area contributed by atoms with Crippen molar-refractivity contribution >= 4 is 5.78 Å². The predicted molar refractivity (Wildman–Crippen MR) is 79.0 cm³/mol. The maximum Gasteiger partial charge on any atom is 0.149 e. The minimum atomic E-state index is 0.331. The van der Waals surface area contributed by atoms with Crippen LogP contribution in [0.25, 0.3) is 0 Å². The van der Waals surface area contributed by atoms with E-state index in [0.717, 1.165) is 19.4 Å². The van der Waals surface area contributed by atoms with Gasteiger partial charge in [-0.3, -0.25) is 9.69 Å². The largest absolute Gasteiger partial charge is 0.298 e. The molecule has 2 rings (SSSR count). The fraction of sp³-hybridized carbons (Fsp3) is 0.588. The quantitative estimate of drug-likeness (QED) is 0.777. The Bertz CT molecular complexity index is 393. The van der Waals surface area contributed by atoms with E-state index in [-0.39, 0.29) is 0 Å². The maximum atomic E-state index is 12.3. The highest BCUT2D eigenvalue weighted by molar-refractivity contribution is 5.83. The second-order valence-corrected chi connectivity index (χ2v) is 5.93. The Morgan fingerprint density at radius 3 is 2.42 bits per heavy atom. The molecule has 0 unspecified atom stereocenters. The Hall–Kier alpha value is -1.15. The van der Waals surface area contributed by atoms with Crippen molar-refractivity contribution in [2.45, 2.75) is 52.1 Å². The lowest BCUT2D eigenvalue weighted by Crippen LogP contribution is -2.37. The van der Waals surface area contributed by atoms with Gasteiger partial charge < -0.3 is 0 Å². The van der Waals surface area contributed by atoms with Crippen LogP contribution in [-0.2, 0) is 11.3 Å². The van der Waals surface area contributed by atoms with Crippen LogP contribution in [0.3, 0.4) is 0 Å². The fourth-order valence-corrected chi connectivity index (χ4v) is 2.82. The Morgan fingerprint density at radius 1 is 1.21 bits per heavy atom. The van der Waals surface area contributed by atoms with E-state index < -0.39 is 0 Å². The first-order chi connectivity index (χ1) is 9.16. The van der Waals surface area contributed by atoms with Gasteiger partial charge in [0.2, 0.25) is 0 Å². The minimum absolute atomic E-state index is 0.331. The average molecular weight is 259 g/mol. The monoisotopic (exact) mass is 259 g/mol. The highest BCUT2D eigenvalue weighted by Crippen LogP contribution is 2.26. The van der Waals surface area contributed by atoms with E-state index in [9.17, 15) is 4.79 Å². The molecule has 0 spiro atoms. The van der Waals surface area contributed by atoms with Crippen LogP contribution in [0.1, 0.15) is 45.1 Å². The lowest BCUT2D eigenvalue weighted by Gasteiger charge is -2.27. The van der Waals surface area contributed by atoms with Crippen LogP contribution in [-0.4, -0.2) is 23.3 Å². The van der Waals surface area contributed by atoms with Gasteiger partial charge in [0, 0.05) is 18.5 Å². The first-order valence-corrected chi connectivity index (χ1v) is 7.47. The van der Waals surface area contributed by atoms with Crippen molar-refractivity contribution in [2.75, 3.05) is 6.54 Å². The molecule has 0 N–H and O–H groups in total. The Balaban J connectivity index is 1.94. The van der Waals surface area contributed by atoms with E-state index in [1.807, 2.05) is 6.07 Å². The van der Waals surface area contributed by atoms with E-state index in [0.29, 0.717) is 24.3 Å². The third-order valence-corrected chi connectivity index (χ3v) is 4.13.